The molecule has 0 amide bonds. The lowest BCUT2D eigenvalue weighted by Gasteiger charge is -2.37. The standard InChI is InChI=1S/C18H30BN3O2/c1-14(2)21-9-11-22(12-10-21)16-13-15(7-8-20-16)19-23-17(3,4)18(5,6)24-19/h7-8,13-14H,9-12H2,1-6H3. The summed E-state index contributed by atoms with van der Waals surface area (Å²) in [5.74, 6) is 1.02. The first-order chi connectivity index (χ1) is 11.2. The summed E-state index contributed by atoms with van der Waals surface area (Å²) < 4.78 is 12.3. The van der Waals surface area contributed by atoms with E-state index in [1.54, 1.807) is 0 Å². The number of rotatable bonds is 3. The van der Waals surface area contributed by atoms with Crippen LogP contribution in [0.5, 0.6) is 0 Å². The monoisotopic (exact) mass is 331 g/mol. The summed E-state index contributed by atoms with van der Waals surface area (Å²) >= 11 is 0. The summed E-state index contributed by atoms with van der Waals surface area (Å²) in [6.07, 6.45) is 1.87. The summed E-state index contributed by atoms with van der Waals surface area (Å²) in [6.45, 7) is 17.0. The van der Waals surface area contributed by atoms with E-state index in [2.05, 4.69) is 62.4 Å². The maximum Gasteiger partial charge on any atom is 0.495 e. The lowest BCUT2D eigenvalue weighted by atomic mass is 9.79. The maximum absolute atomic E-state index is 6.16. The first kappa shape index (κ1) is 17.7. The molecule has 0 N–H and O–H groups in total. The number of aromatic nitrogens is 1. The van der Waals surface area contributed by atoms with Gasteiger partial charge in [-0.3, -0.25) is 4.90 Å². The van der Waals surface area contributed by atoms with Gasteiger partial charge in [-0.1, -0.05) is 0 Å². The largest absolute Gasteiger partial charge is 0.495 e. The van der Waals surface area contributed by atoms with E-state index in [1.807, 2.05) is 12.3 Å². The maximum atomic E-state index is 6.16. The summed E-state index contributed by atoms with van der Waals surface area (Å²) in [6, 6.07) is 4.72. The zero-order valence-electron chi connectivity index (χ0n) is 15.9. The molecule has 5 nitrogen and oxygen atoms in total. The molecule has 2 aliphatic heterocycles. The molecule has 3 rings (SSSR count). The van der Waals surface area contributed by atoms with Crippen molar-refractivity contribution < 1.29 is 9.31 Å². The highest BCUT2D eigenvalue weighted by Crippen LogP contribution is 2.36. The molecule has 24 heavy (non-hydrogen) atoms. The van der Waals surface area contributed by atoms with E-state index in [-0.39, 0.29) is 18.3 Å². The van der Waals surface area contributed by atoms with Crippen LogP contribution in [0.2, 0.25) is 0 Å². The van der Waals surface area contributed by atoms with Crippen molar-refractivity contribution >= 4 is 18.4 Å². The van der Waals surface area contributed by atoms with Crippen LogP contribution >= 0.6 is 0 Å². The minimum absolute atomic E-state index is 0.315. The van der Waals surface area contributed by atoms with Gasteiger partial charge in [0, 0.05) is 38.4 Å². The predicted octanol–water partition coefficient (Wildman–Crippen LogP) is 1.91. The first-order valence-corrected chi connectivity index (χ1v) is 9.00. The van der Waals surface area contributed by atoms with Crippen LogP contribution in [0, 0.1) is 0 Å². The Morgan fingerprint density at radius 2 is 1.62 bits per heavy atom. The van der Waals surface area contributed by atoms with Crippen LogP contribution in [-0.2, 0) is 9.31 Å². The molecular formula is C18H30BN3O2. The molecule has 0 aromatic carbocycles. The van der Waals surface area contributed by atoms with Gasteiger partial charge in [-0.15, -0.1) is 0 Å². The Morgan fingerprint density at radius 3 is 2.17 bits per heavy atom. The normalized spacial score (nSPS) is 24.0. The zero-order valence-corrected chi connectivity index (χ0v) is 15.9. The van der Waals surface area contributed by atoms with Crippen molar-refractivity contribution in [3.63, 3.8) is 0 Å². The molecule has 132 valence electrons. The van der Waals surface area contributed by atoms with E-state index in [4.69, 9.17) is 9.31 Å². The summed E-state index contributed by atoms with van der Waals surface area (Å²) in [4.78, 5) is 9.44. The van der Waals surface area contributed by atoms with Gasteiger partial charge < -0.3 is 14.2 Å². The molecule has 2 aliphatic rings. The van der Waals surface area contributed by atoms with Crippen LogP contribution in [0.25, 0.3) is 0 Å². The average molecular weight is 331 g/mol. The van der Waals surface area contributed by atoms with Crippen molar-refractivity contribution in [2.45, 2.75) is 58.8 Å². The minimum Gasteiger partial charge on any atom is -0.399 e. The van der Waals surface area contributed by atoms with Gasteiger partial charge in [0.1, 0.15) is 5.82 Å². The predicted molar refractivity (Wildman–Crippen MR) is 98.9 cm³/mol. The third-order valence-electron chi connectivity index (χ3n) is 5.66. The van der Waals surface area contributed by atoms with Crippen LogP contribution in [-0.4, -0.2) is 60.4 Å². The van der Waals surface area contributed by atoms with E-state index in [1.165, 1.54) is 0 Å². The Bertz CT molecular complexity index is 567. The number of nitrogens with zero attached hydrogens (tertiary/aromatic N) is 3. The molecular weight excluding hydrogens is 301 g/mol. The lowest BCUT2D eigenvalue weighted by Crippen LogP contribution is -2.49. The fraction of sp³-hybridized carbons (Fsp3) is 0.722. The second kappa shape index (κ2) is 6.32. The molecule has 0 atom stereocenters. The van der Waals surface area contributed by atoms with Gasteiger partial charge in [-0.05, 0) is 59.1 Å². The number of hydrogen-bond donors (Lipinski definition) is 0. The number of piperazine rings is 1. The summed E-state index contributed by atoms with van der Waals surface area (Å²) in [5, 5.41) is 0. The van der Waals surface area contributed by atoms with Crippen LogP contribution in [0.15, 0.2) is 18.3 Å². The van der Waals surface area contributed by atoms with Gasteiger partial charge in [-0.25, -0.2) is 4.98 Å². The van der Waals surface area contributed by atoms with Gasteiger partial charge in [0.15, 0.2) is 0 Å². The van der Waals surface area contributed by atoms with Crippen molar-refractivity contribution in [2.75, 3.05) is 31.1 Å². The second-order valence-electron chi connectivity index (χ2n) is 8.15. The molecule has 0 spiro atoms. The van der Waals surface area contributed by atoms with E-state index >= 15 is 0 Å². The second-order valence-corrected chi connectivity index (χ2v) is 8.15. The smallest absolute Gasteiger partial charge is 0.399 e. The van der Waals surface area contributed by atoms with Crippen molar-refractivity contribution in [3.05, 3.63) is 18.3 Å². The number of pyridine rings is 1. The molecule has 0 unspecified atom stereocenters. The Labute approximate surface area is 146 Å². The molecule has 1 aromatic heterocycles. The van der Waals surface area contributed by atoms with Crippen molar-refractivity contribution in [2.24, 2.45) is 0 Å². The molecule has 1 aromatic rings. The minimum atomic E-state index is -0.325. The van der Waals surface area contributed by atoms with Crippen molar-refractivity contribution in [1.29, 1.82) is 0 Å². The molecule has 0 radical (unpaired) electrons. The highest BCUT2D eigenvalue weighted by Gasteiger charge is 2.51. The molecule has 3 heterocycles. The van der Waals surface area contributed by atoms with E-state index in [0.29, 0.717) is 6.04 Å². The van der Waals surface area contributed by atoms with Crippen LogP contribution in [0.1, 0.15) is 41.5 Å². The van der Waals surface area contributed by atoms with Crippen LogP contribution in [0.4, 0.5) is 5.82 Å². The third-order valence-corrected chi connectivity index (χ3v) is 5.66. The third kappa shape index (κ3) is 3.32. The lowest BCUT2D eigenvalue weighted by molar-refractivity contribution is 0.00578. The topological polar surface area (TPSA) is 37.8 Å². The van der Waals surface area contributed by atoms with Gasteiger partial charge in [0.05, 0.1) is 11.2 Å². The van der Waals surface area contributed by atoms with Crippen LogP contribution < -0.4 is 10.4 Å². The fourth-order valence-electron chi connectivity index (χ4n) is 3.20. The molecule has 0 saturated carbocycles. The van der Waals surface area contributed by atoms with Crippen molar-refractivity contribution in [1.82, 2.24) is 9.88 Å². The average Bonchev–Trinajstić information content (AvgIpc) is 2.76. The number of hydrogen-bond acceptors (Lipinski definition) is 5. The van der Waals surface area contributed by atoms with E-state index in [0.717, 1.165) is 37.5 Å². The zero-order chi connectivity index (χ0) is 17.5. The van der Waals surface area contributed by atoms with Crippen LogP contribution in [0.3, 0.4) is 0 Å². The van der Waals surface area contributed by atoms with Gasteiger partial charge in [0.2, 0.25) is 0 Å². The molecule has 0 bridgehead atoms. The summed E-state index contributed by atoms with van der Waals surface area (Å²) in [7, 11) is -0.325. The molecule has 2 fully saturated rings. The van der Waals surface area contributed by atoms with Gasteiger partial charge >= 0.3 is 7.12 Å². The quantitative estimate of drug-likeness (QED) is 0.791. The SMILES string of the molecule is CC(C)N1CCN(c2cc(B3OC(C)(C)C(C)(C)O3)ccn2)CC1. The van der Waals surface area contributed by atoms with Gasteiger partial charge in [-0.2, -0.15) is 0 Å². The first-order valence-electron chi connectivity index (χ1n) is 9.00. The molecule has 0 aliphatic carbocycles. The number of anilines is 1. The highest BCUT2D eigenvalue weighted by atomic mass is 16.7. The Balaban J connectivity index is 1.72. The van der Waals surface area contributed by atoms with Crippen molar-refractivity contribution in [3.8, 4) is 0 Å². The summed E-state index contributed by atoms with van der Waals surface area (Å²) in [5.41, 5.74) is 0.415. The van der Waals surface area contributed by atoms with E-state index in [9.17, 15) is 0 Å². The highest BCUT2D eigenvalue weighted by molar-refractivity contribution is 6.62. The molecule has 6 heteroatoms. The Hall–Kier alpha value is -1.11. The van der Waals surface area contributed by atoms with Gasteiger partial charge in [0.25, 0.3) is 0 Å². The van der Waals surface area contributed by atoms with E-state index < -0.39 is 0 Å². The molecule has 2 saturated heterocycles. The Morgan fingerprint density at radius 1 is 1.04 bits per heavy atom. The fourth-order valence-corrected chi connectivity index (χ4v) is 3.20. The Kier molecular flexibility index (Phi) is 4.66.